The van der Waals surface area contributed by atoms with Crippen molar-refractivity contribution in [3.63, 3.8) is 0 Å². The predicted molar refractivity (Wildman–Crippen MR) is 44.7 cm³/mol. The second kappa shape index (κ2) is 2.73. The molecule has 1 saturated heterocycles. The second-order valence-corrected chi connectivity index (χ2v) is 4.17. The third kappa shape index (κ3) is 1.12. The molecule has 0 aromatic rings. The highest BCUT2D eigenvalue weighted by Crippen LogP contribution is 2.45. The highest BCUT2D eigenvalue weighted by atomic mass is 16.5. The molecule has 1 fully saturated rings. The van der Waals surface area contributed by atoms with Crippen LogP contribution in [0.15, 0.2) is 0 Å². The summed E-state index contributed by atoms with van der Waals surface area (Å²) in [7, 11) is 1.42. The average molecular weight is 172 g/mol. The number of rotatable bonds is 2. The van der Waals surface area contributed by atoms with Crippen LogP contribution in [0.2, 0.25) is 0 Å². The molecule has 0 aromatic heterocycles. The molecule has 1 heterocycles. The zero-order valence-corrected chi connectivity index (χ0v) is 8.14. The van der Waals surface area contributed by atoms with E-state index in [1.807, 2.05) is 20.8 Å². The van der Waals surface area contributed by atoms with Gasteiger partial charge in [-0.15, -0.1) is 0 Å². The molecule has 0 radical (unpaired) electrons. The summed E-state index contributed by atoms with van der Waals surface area (Å²) in [6, 6.07) is 0. The van der Waals surface area contributed by atoms with E-state index < -0.39 is 5.41 Å². The fraction of sp³-hybridized carbons (Fsp3) is 0.889. The van der Waals surface area contributed by atoms with E-state index in [9.17, 15) is 4.79 Å². The molecule has 0 atom stereocenters. The van der Waals surface area contributed by atoms with Crippen LogP contribution >= 0.6 is 0 Å². The number of carbonyl (C=O) groups excluding carboxylic acids is 1. The van der Waals surface area contributed by atoms with Crippen LogP contribution in [-0.2, 0) is 14.3 Å². The molecule has 0 amide bonds. The molecule has 1 rings (SSSR count). The van der Waals surface area contributed by atoms with Gasteiger partial charge >= 0.3 is 5.97 Å². The molecule has 12 heavy (non-hydrogen) atoms. The number of esters is 1. The molecule has 0 aliphatic carbocycles. The molecule has 70 valence electrons. The van der Waals surface area contributed by atoms with Crippen molar-refractivity contribution in [2.24, 2.45) is 10.8 Å². The van der Waals surface area contributed by atoms with Gasteiger partial charge in [-0.3, -0.25) is 4.79 Å². The van der Waals surface area contributed by atoms with Gasteiger partial charge in [0.1, 0.15) is 0 Å². The van der Waals surface area contributed by atoms with E-state index in [-0.39, 0.29) is 11.4 Å². The minimum Gasteiger partial charge on any atom is -0.469 e. The summed E-state index contributed by atoms with van der Waals surface area (Å²) < 4.78 is 9.85. The predicted octanol–water partition coefficient (Wildman–Crippen LogP) is 1.22. The Labute approximate surface area is 73.0 Å². The number of hydrogen-bond donors (Lipinski definition) is 0. The fourth-order valence-electron chi connectivity index (χ4n) is 1.27. The van der Waals surface area contributed by atoms with Crippen LogP contribution < -0.4 is 0 Å². The van der Waals surface area contributed by atoms with Crippen molar-refractivity contribution in [1.29, 1.82) is 0 Å². The first-order valence-corrected chi connectivity index (χ1v) is 4.10. The number of carbonyl (C=O) groups is 1. The highest BCUT2D eigenvalue weighted by molar-refractivity contribution is 5.77. The van der Waals surface area contributed by atoms with Gasteiger partial charge in [0.05, 0.1) is 25.7 Å². The number of hydrogen-bond acceptors (Lipinski definition) is 3. The Balaban J connectivity index is 2.76. The quantitative estimate of drug-likeness (QED) is 0.587. The monoisotopic (exact) mass is 172 g/mol. The Hall–Kier alpha value is -0.570. The zero-order valence-electron chi connectivity index (χ0n) is 8.14. The summed E-state index contributed by atoms with van der Waals surface area (Å²) in [5.74, 6) is -0.159. The first kappa shape index (κ1) is 9.52. The lowest BCUT2D eigenvalue weighted by Crippen LogP contribution is -2.54. The van der Waals surface area contributed by atoms with Crippen LogP contribution in [0.25, 0.3) is 0 Å². The van der Waals surface area contributed by atoms with Gasteiger partial charge in [-0.2, -0.15) is 0 Å². The molecular weight excluding hydrogens is 156 g/mol. The smallest absolute Gasteiger partial charge is 0.311 e. The molecule has 1 aliphatic rings. The molecule has 0 N–H and O–H groups in total. The van der Waals surface area contributed by atoms with Gasteiger partial charge in [0.15, 0.2) is 0 Å². The topological polar surface area (TPSA) is 35.5 Å². The van der Waals surface area contributed by atoms with Crippen LogP contribution in [0.3, 0.4) is 0 Å². The Morgan fingerprint density at radius 3 is 2.25 bits per heavy atom. The van der Waals surface area contributed by atoms with Crippen LogP contribution in [0.1, 0.15) is 20.8 Å². The molecule has 3 nitrogen and oxygen atoms in total. The second-order valence-electron chi connectivity index (χ2n) is 4.17. The molecule has 0 spiro atoms. The van der Waals surface area contributed by atoms with Crippen molar-refractivity contribution in [2.75, 3.05) is 20.3 Å². The molecule has 0 aromatic carbocycles. The Bertz CT molecular complexity index is 192. The third-order valence-corrected chi connectivity index (χ3v) is 3.05. The van der Waals surface area contributed by atoms with Gasteiger partial charge in [0.25, 0.3) is 0 Å². The molecule has 0 saturated carbocycles. The van der Waals surface area contributed by atoms with Gasteiger partial charge in [-0.1, -0.05) is 6.92 Å². The third-order valence-electron chi connectivity index (χ3n) is 3.05. The van der Waals surface area contributed by atoms with Crippen molar-refractivity contribution >= 4 is 5.97 Å². The average Bonchev–Trinajstić information content (AvgIpc) is 1.98. The molecule has 0 bridgehead atoms. The molecule has 3 heteroatoms. The SMILES string of the molecule is COC(=O)C(C)(C)C1(C)COC1. The first-order chi connectivity index (χ1) is 5.44. The van der Waals surface area contributed by atoms with E-state index in [0.717, 1.165) is 0 Å². The van der Waals surface area contributed by atoms with E-state index in [2.05, 4.69) is 0 Å². The van der Waals surface area contributed by atoms with Crippen molar-refractivity contribution in [3.05, 3.63) is 0 Å². The van der Waals surface area contributed by atoms with E-state index in [1.165, 1.54) is 7.11 Å². The van der Waals surface area contributed by atoms with Crippen LogP contribution in [0, 0.1) is 10.8 Å². The maximum absolute atomic E-state index is 11.4. The van der Waals surface area contributed by atoms with E-state index >= 15 is 0 Å². The normalized spacial score (nSPS) is 21.3. The highest BCUT2D eigenvalue weighted by Gasteiger charge is 2.52. The lowest BCUT2D eigenvalue weighted by Gasteiger charge is -2.48. The summed E-state index contributed by atoms with van der Waals surface area (Å²) in [6.45, 7) is 7.15. The van der Waals surface area contributed by atoms with Crippen molar-refractivity contribution in [2.45, 2.75) is 20.8 Å². The molecular formula is C9H16O3. The minimum atomic E-state index is -0.444. The van der Waals surface area contributed by atoms with E-state index in [1.54, 1.807) is 0 Å². The van der Waals surface area contributed by atoms with Crippen LogP contribution in [-0.4, -0.2) is 26.3 Å². The van der Waals surface area contributed by atoms with E-state index in [0.29, 0.717) is 13.2 Å². The summed E-state index contributed by atoms with van der Waals surface area (Å²) in [5.41, 5.74) is -0.500. The molecule has 1 aliphatic heterocycles. The van der Waals surface area contributed by atoms with Gasteiger partial charge < -0.3 is 9.47 Å². The number of ether oxygens (including phenoxy) is 2. The van der Waals surface area contributed by atoms with Crippen LogP contribution in [0.4, 0.5) is 0 Å². The van der Waals surface area contributed by atoms with Crippen LogP contribution in [0.5, 0.6) is 0 Å². The maximum atomic E-state index is 11.4. The van der Waals surface area contributed by atoms with Crippen molar-refractivity contribution in [1.82, 2.24) is 0 Å². The lowest BCUT2D eigenvalue weighted by molar-refractivity contribution is -0.192. The largest absolute Gasteiger partial charge is 0.469 e. The first-order valence-electron chi connectivity index (χ1n) is 4.10. The Morgan fingerprint density at radius 2 is 2.00 bits per heavy atom. The van der Waals surface area contributed by atoms with Gasteiger partial charge in [-0.05, 0) is 13.8 Å². The summed E-state index contributed by atoms with van der Waals surface area (Å²) >= 11 is 0. The fourth-order valence-corrected chi connectivity index (χ4v) is 1.27. The number of methoxy groups -OCH3 is 1. The Morgan fingerprint density at radius 1 is 1.50 bits per heavy atom. The maximum Gasteiger partial charge on any atom is 0.311 e. The van der Waals surface area contributed by atoms with Gasteiger partial charge in [-0.25, -0.2) is 0 Å². The zero-order chi connectivity index (χ0) is 9.41. The summed E-state index contributed by atoms with van der Waals surface area (Å²) in [4.78, 5) is 11.4. The Kier molecular flexibility index (Phi) is 2.17. The van der Waals surface area contributed by atoms with Gasteiger partial charge in [0.2, 0.25) is 0 Å². The molecule has 0 unspecified atom stereocenters. The standard InChI is InChI=1S/C9H16O3/c1-8(2,7(10)11-4)9(3)5-12-6-9/h5-6H2,1-4H3. The van der Waals surface area contributed by atoms with Gasteiger partial charge in [0, 0.05) is 5.41 Å². The van der Waals surface area contributed by atoms with Crippen molar-refractivity contribution in [3.8, 4) is 0 Å². The summed E-state index contributed by atoms with van der Waals surface area (Å²) in [6.07, 6.45) is 0. The lowest BCUT2D eigenvalue weighted by atomic mass is 9.65. The van der Waals surface area contributed by atoms with Crippen molar-refractivity contribution < 1.29 is 14.3 Å². The van der Waals surface area contributed by atoms with E-state index in [4.69, 9.17) is 9.47 Å². The summed E-state index contributed by atoms with van der Waals surface area (Å²) in [5, 5.41) is 0. The minimum absolute atomic E-state index is 0.0555.